The predicted octanol–water partition coefficient (Wildman–Crippen LogP) is -3.99. The highest BCUT2D eigenvalue weighted by atomic mass is 32.5. The summed E-state index contributed by atoms with van der Waals surface area (Å²) >= 11 is 4.67. The molecule has 21 nitrogen and oxygen atoms in total. The van der Waals surface area contributed by atoms with Crippen molar-refractivity contribution in [3.05, 3.63) is 43.5 Å². The molecule has 0 amide bonds. The number of rotatable bonds is 11. The molecule has 0 saturated carbocycles. The molecular weight excluding hydrogens is 636 g/mol. The standard InChI is InChI=1S/C18H25N5O16P2S/c1-2-18(21-22-19)14(30)8(36-16(18)23-4-3-9(26)20-17(23)31)6-35-41(34,42)39-40(32,33)38-15-12(29)10(27)11(28)13(37-15)7(25)5-24/h1,3-4,7-8,10-16,24-25,27-30H,5-6H2,(H,32,33)(H,34,42)(H,20,26,31)/t7-,8+,10?,11?,12?,13?,14+,15?,16+,18+,41?/m0/s1. The van der Waals surface area contributed by atoms with Gasteiger partial charge in [-0.3, -0.25) is 18.9 Å². The van der Waals surface area contributed by atoms with Crippen LogP contribution in [0.2, 0.25) is 0 Å². The monoisotopic (exact) mass is 661 g/mol. The van der Waals surface area contributed by atoms with Crippen molar-refractivity contribution in [2.45, 2.75) is 60.8 Å². The molecular formula is C18H25N5O16P2S. The van der Waals surface area contributed by atoms with Crippen LogP contribution in [-0.2, 0) is 39.2 Å². The third kappa shape index (κ3) is 7.16. The minimum Gasteiger partial charge on any atom is -0.394 e. The third-order valence-electron chi connectivity index (χ3n) is 6.05. The minimum absolute atomic E-state index is 0.697. The number of ether oxygens (including phenoxy) is 2. The largest absolute Gasteiger partial charge is 0.481 e. The molecule has 3 heterocycles. The van der Waals surface area contributed by atoms with E-state index in [1.165, 1.54) is 0 Å². The summed E-state index contributed by atoms with van der Waals surface area (Å²) in [6, 6.07) is 0.901. The Morgan fingerprint density at radius 2 is 1.93 bits per heavy atom. The van der Waals surface area contributed by atoms with Crippen molar-refractivity contribution >= 4 is 26.3 Å². The van der Waals surface area contributed by atoms with Crippen LogP contribution in [0.1, 0.15) is 6.23 Å². The normalized spacial score (nSPS) is 36.6. The second-order valence-corrected chi connectivity index (χ2v) is 13.1. The number of aliphatic hydroxyl groups excluding tert-OH is 6. The second kappa shape index (κ2) is 13.3. The van der Waals surface area contributed by atoms with Gasteiger partial charge in [-0.15, -0.1) is 6.42 Å². The highest BCUT2D eigenvalue weighted by Crippen LogP contribution is 2.62. The lowest BCUT2D eigenvalue weighted by molar-refractivity contribution is -0.292. The van der Waals surface area contributed by atoms with E-state index in [1.807, 2.05) is 10.9 Å². The number of nitrogens with zero attached hydrogens (tertiary/aromatic N) is 4. The quantitative estimate of drug-likeness (QED) is 0.0359. The summed E-state index contributed by atoms with van der Waals surface area (Å²) in [5.74, 6) is 2.03. The lowest BCUT2D eigenvalue weighted by Crippen LogP contribution is -2.61. The van der Waals surface area contributed by atoms with Crippen LogP contribution in [-0.4, -0.2) is 118 Å². The van der Waals surface area contributed by atoms with Crippen LogP contribution in [0.15, 0.2) is 27.0 Å². The van der Waals surface area contributed by atoms with E-state index in [9.17, 15) is 49.5 Å². The fourth-order valence-electron chi connectivity index (χ4n) is 4.02. The van der Waals surface area contributed by atoms with E-state index in [-0.39, 0.29) is 0 Å². The van der Waals surface area contributed by atoms with E-state index in [0.717, 1.165) is 12.3 Å². The van der Waals surface area contributed by atoms with Gasteiger partial charge in [-0.25, -0.2) is 13.7 Å². The van der Waals surface area contributed by atoms with Crippen molar-refractivity contribution in [3.8, 4) is 12.3 Å². The molecule has 234 valence electrons. The molecule has 0 radical (unpaired) electrons. The lowest BCUT2D eigenvalue weighted by Gasteiger charge is -2.41. The van der Waals surface area contributed by atoms with Crippen LogP contribution < -0.4 is 11.2 Å². The molecule has 7 unspecified atom stereocenters. The zero-order valence-corrected chi connectivity index (χ0v) is 23.4. The Morgan fingerprint density at radius 3 is 2.50 bits per heavy atom. The van der Waals surface area contributed by atoms with E-state index < -0.39 is 99.8 Å². The fourth-order valence-corrected chi connectivity index (χ4v) is 7.11. The number of terminal acetylenes is 1. The van der Waals surface area contributed by atoms with Gasteiger partial charge in [0.2, 0.25) is 0 Å². The smallest absolute Gasteiger partial charge is 0.394 e. The minimum atomic E-state index is -5.55. The van der Waals surface area contributed by atoms with Crippen LogP contribution in [0.3, 0.4) is 0 Å². The predicted molar refractivity (Wildman–Crippen MR) is 136 cm³/mol. The molecule has 2 saturated heterocycles. The maximum absolute atomic E-state index is 12.5. The number of hydrogen-bond acceptors (Lipinski definition) is 16. The molecule has 12 atom stereocenters. The molecule has 3 rings (SSSR count). The molecule has 1 aromatic heterocycles. The Labute approximate surface area is 238 Å². The van der Waals surface area contributed by atoms with Gasteiger partial charge in [-0.05, 0) is 17.3 Å². The zero-order valence-electron chi connectivity index (χ0n) is 20.8. The Balaban J connectivity index is 1.75. The first-order valence-corrected chi connectivity index (χ1v) is 15.5. The van der Waals surface area contributed by atoms with Gasteiger partial charge in [0.15, 0.2) is 18.1 Å². The second-order valence-electron chi connectivity index (χ2n) is 8.76. The topological polar surface area (TPSA) is 329 Å². The summed E-state index contributed by atoms with van der Waals surface area (Å²) in [4.78, 5) is 48.7. The maximum atomic E-state index is 12.5. The van der Waals surface area contributed by atoms with E-state index in [1.54, 1.807) is 0 Å². The van der Waals surface area contributed by atoms with Gasteiger partial charge in [-0.2, -0.15) is 0 Å². The first-order chi connectivity index (χ1) is 19.5. The van der Waals surface area contributed by atoms with Crippen molar-refractivity contribution in [2.75, 3.05) is 13.2 Å². The molecule has 2 fully saturated rings. The SMILES string of the molecule is C#C[C@@]1(N=[N+]=[N-])[C@H](O)[C@@H](COP(O)(=S)OP(=O)(O)OC2OC([C@@H](O)CO)C(O)C(O)C2O)O[C@H]1n1ccc(=O)[nH]c1=O. The first-order valence-electron chi connectivity index (χ1n) is 11.4. The van der Waals surface area contributed by atoms with Gasteiger partial charge in [0.25, 0.3) is 5.56 Å². The van der Waals surface area contributed by atoms with Crippen LogP contribution >= 0.6 is 14.5 Å². The van der Waals surface area contributed by atoms with E-state index in [4.69, 9.17) is 31.1 Å². The number of aliphatic hydroxyl groups is 6. The molecule has 0 aliphatic carbocycles. The van der Waals surface area contributed by atoms with Crippen LogP contribution in [0.5, 0.6) is 0 Å². The average molecular weight is 661 g/mol. The summed E-state index contributed by atoms with van der Waals surface area (Å²) in [7, 11) is -5.55. The van der Waals surface area contributed by atoms with Gasteiger partial charge in [0, 0.05) is 17.2 Å². The summed E-state index contributed by atoms with van der Waals surface area (Å²) in [5, 5.41) is 62.9. The highest BCUT2D eigenvalue weighted by Gasteiger charge is 2.57. The number of hydrogen-bond donors (Lipinski definition) is 9. The number of aromatic nitrogens is 2. The molecule has 24 heteroatoms. The van der Waals surface area contributed by atoms with Gasteiger partial charge in [0.1, 0.15) is 42.7 Å². The van der Waals surface area contributed by atoms with Gasteiger partial charge in [-0.1, -0.05) is 11.0 Å². The Morgan fingerprint density at radius 1 is 1.26 bits per heavy atom. The van der Waals surface area contributed by atoms with Gasteiger partial charge in [0.05, 0.1) is 13.2 Å². The molecule has 42 heavy (non-hydrogen) atoms. The summed E-state index contributed by atoms with van der Waals surface area (Å²) in [6.07, 6.45) is -11.1. The molecule has 1 aromatic rings. The Hall–Kier alpha value is -2.09. The van der Waals surface area contributed by atoms with Gasteiger partial charge >= 0.3 is 20.2 Å². The number of H-pyrrole nitrogens is 1. The molecule has 0 bridgehead atoms. The van der Waals surface area contributed by atoms with Crippen molar-refractivity contribution in [2.24, 2.45) is 5.11 Å². The maximum Gasteiger partial charge on any atom is 0.481 e. The molecule has 9 N–H and O–H groups in total. The van der Waals surface area contributed by atoms with Crippen LogP contribution in [0.25, 0.3) is 10.4 Å². The Kier molecular flexibility index (Phi) is 10.9. The van der Waals surface area contributed by atoms with E-state index >= 15 is 0 Å². The van der Waals surface area contributed by atoms with Gasteiger partial charge < -0.3 is 54.4 Å². The number of aromatic amines is 1. The molecule has 2 aliphatic heterocycles. The van der Waals surface area contributed by atoms with Crippen LogP contribution in [0.4, 0.5) is 0 Å². The average Bonchev–Trinajstić information content (AvgIpc) is 3.18. The number of phosphoric ester groups is 1. The lowest BCUT2D eigenvalue weighted by atomic mass is 9.92. The van der Waals surface area contributed by atoms with Crippen molar-refractivity contribution in [3.63, 3.8) is 0 Å². The van der Waals surface area contributed by atoms with Crippen molar-refractivity contribution in [1.82, 2.24) is 9.55 Å². The number of azide groups is 1. The van der Waals surface area contributed by atoms with Crippen molar-refractivity contribution in [1.29, 1.82) is 0 Å². The van der Waals surface area contributed by atoms with Crippen LogP contribution in [0, 0.1) is 12.3 Å². The van der Waals surface area contributed by atoms with Crippen molar-refractivity contribution < 1.29 is 67.8 Å². The Bertz CT molecular complexity index is 1450. The first kappa shape index (κ1) is 34.4. The van der Waals surface area contributed by atoms with E-state index in [0.29, 0.717) is 4.57 Å². The molecule has 0 aromatic carbocycles. The summed E-state index contributed by atoms with van der Waals surface area (Å²) in [5.41, 5.74) is 4.85. The summed E-state index contributed by atoms with van der Waals surface area (Å²) in [6.45, 7) is -6.78. The molecule has 2 aliphatic rings. The number of nitrogens with one attached hydrogen (secondary N) is 1. The summed E-state index contributed by atoms with van der Waals surface area (Å²) < 4.78 is 37.7. The van der Waals surface area contributed by atoms with E-state index in [2.05, 4.69) is 30.7 Å². The zero-order chi connectivity index (χ0) is 31.6. The fraction of sp³-hybridized carbons (Fsp3) is 0.667. The third-order valence-corrected chi connectivity index (χ3v) is 9.56. The molecule has 0 spiro atoms. The highest BCUT2D eigenvalue weighted by molar-refractivity contribution is 8.08. The number of phosphoric acid groups is 1.